The van der Waals surface area contributed by atoms with Gasteiger partial charge >= 0.3 is 0 Å². The van der Waals surface area contributed by atoms with Crippen LogP contribution in [0, 0.1) is 30.4 Å². The van der Waals surface area contributed by atoms with E-state index >= 15 is 8.78 Å². The number of aromatic nitrogens is 2. The molecule has 394 valence electrons. The van der Waals surface area contributed by atoms with Crippen molar-refractivity contribution in [2.24, 2.45) is 0 Å². The predicted octanol–water partition coefficient (Wildman–Crippen LogP) is 19.1. The molecular weight excluding hydrogens is 1120 g/mol. The third-order valence-corrected chi connectivity index (χ3v) is 14.6. The molecule has 10 rings (SSSR count). The molecule has 0 radical (unpaired) electrons. The zero-order valence-electron chi connectivity index (χ0n) is 46.6. The number of hydrogen-bond donors (Lipinski definition) is 0. The van der Waals surface area contributed by atoms with Crippen LogP contribution in [0.5, 0.6) is 11.5 Å². The Morgan fingerprint density at radius 1 is 0.474 bits per heavy atom. The summed E-state index contributed by atoms with van der Waals surface area (Å²) >= 11 is 0. The van der Waals surface area contributed by atoms with Crippen molar-refractivity contribution >= 4 is 44.6 Å². The van der Waals surface area contributed by atoms with Crippen LogP contribution in [0.15, 0.2) is 140 Å². The van der Waals surface area contributed by atoms with Crippen molar-refractivity contribution in [3.05, 3.63) is 198 Å². The van der Waals surface area contributed by atoms with Crippen LogP contribution in [0.1, 0.15) is 132 Å². The maximum absolute atomic E-state index is 15.6. The van der Waals surface area contributed by atoms with Gasteiger partial charge in [-0.3, -0.25) is 0 Å². The van der Waals surface area contributed by atoms with E-state index in [1.165, 1.54) is 28.8 Å². The maximum atomic E-state index is 15.6. The van der Waals surface area contributed by atoms with Crippen molar-refractivity contribution in [2.45, 2.75) is 131 Å². The molecule has 1 aliphatic rings. The van der Waals surface area contributed by atoms with Gasteiger partial charge < -0.3 is 19.1 Å². The summed E-state index contributed by atoms with van der Waals surface area (Å²) < 4.78 is 40.3. The summed E-state index contributed by atoms with van der Waals surface area (Å²) in [5.41, 5.74) is 13.1. The summed E-state index contributed by atoms with van der Waals surface area (Å²) in [5.74, 6) is 0.619. The molecule has 8 heteroatoms. The van der Waals surface area contributed by atoms with E-state index in [1.54, 1.807) is 0 Å². The number of benzene rings is 7. The number of pyridine rings is 1. The van der Waals surface area contributed by atoms with Gasteiger partial charge in [0.05, 0.1) is 0 Å². The van der Waals surface area contributed by atoms with Gasteiger partial charge in [-0.25, -0.2) is 13.8 Å². The molecule has 3 heterocycles. The van der Waals surface area contributed by atoms with Crippen LogP contribution in [0.3, 0.4) is 0 Å². The topological polar surface area (TPSA) is 33.5 Å². The summed E-state index contributed by atoms with van der Waals surface area (Å²) in [4.78, 5) is 9.24. The van der Waals surface area contributed by atoms with Gasteiger partial charge in [-0.2, -0.15) is 6.07 Å². The molecule has 76 heavy (non-hydrogen) atoms. The van der Waals surface area contributed by atoms with Crippen LogP contribution in [0.25, 0.3) is 49.9 Å². The number of hydrogen-bond acceptors (Lipinski definition) is 4. The Balaban J connectivity index is 0.00000706. The van der Waals surface area contributed by atoms with E-state index in [1.807, 2.05) is 24.4 Å². The molecule has 9 aromatic rings. The van der Waals surface area contributed by atoms with E-state index in [0.717, 1.165) is 78.7 Å². The molecular formula is C68H69F2N4OPt-3. The van der Waals surface area contributed by atoms with Crippen LogP contribution in [0.4, 0.5) is 31.5 Å². The van der Waals surface area contributed by atoms with Crippen LogP contribution < -0.4 is 14.5 Å². The largest absolute Gasteiger partial charge is 0.509 e. The number of nitrogens with zero attached hydrogens (tertiary/aromatic N) is 4. The van der Waals surface area contributed by atoms with Crippen molar-refractivity contribution in [3.63, 3.8) is 0 Å². The molecule has 1 aliphatic heterocycles. The van der Waals surface area contributed by atoms with Crippen molar-refractivity contribution < 1.29 is 34.6 Å². The van der Waals surface area contributed by atoms with Crippen LogP contribution in [0.2, 0.25) is 0 Å². The van der Waals surface area contributed by atoms with Crippen molar-refractivity contribution in [1.82, 2.24) is 9.55 Å². The minimum absolute atomic E-state index is 0. The smallest absolute Gasteiger partial charge is 0.135 e. The molecule has 0 N–H and O–H groups in total. The standard InChI is InChI=1S/C68H69F2N4O.Pt/c1-64(2,3)44-26-27-71-62(37-44)74-58-21-17-16-20-54(58)55-25-24-52(40-61(55)74)75-53-34-47(67(10,11)12)33-51(39-53)72-41-73(60-23-19-18-22-59(60)72)63-56(42-28-45(65(4,5)6)32-46(29-42)66(7,8)9)35-48(68(13,14)15)36-57(63)43-30-49(69)38-50(70)31-43;/h16-38,41H,1-15H3;/q-3;. The van der Waals surface area contributed by atoms with Crippen LogP contribution >= 0.6 is 0 Å². The first-order valence-electron chi connectivity index (χ1n) is 26.1. The number of para-hydroxylation sites is 3. The average Bonchev–Trinajstić information content (AvgIpc) is 3.89. The Kier molecular flexibility index (Phi) is 13.9. The third-order valence-electron chi connectivity index (χ3n) is 14.6. The molecule has 0 aliphatic carbocycles. The second-order valence-corrected chi connectivity index (χ2v) is 25.5. The molecule has 7 aromatic carbocycles. The zero-order valence-corrected chi connectivity index (χ0v) is 48.9. The molecule has 0 atom stereocenters. The number of halogens is 2. The Hall–Kier alpha value is -6.56. The summed E-state index contributed by atoms with van der Waals surface area (Å²) in [7, 11) is 0. The van der Waals surface area contributed by atoms with E-state index in [9.17, 15) is 0 Å². The number of ether oxygens (including phenoxy) is 1. The van der Waals surface area contributed by atoms with Gasteiger partial charge in [0.15, 0.2) is 0 Å². The van der Waals surface area contributed by atoms with E-state index in [0.29, 0.717) is 22.6 Å². The molecule has 0 spiro atoms. The quantitative estimate of drug-likeness (QED) is 0.149. The Morgan fingerprint density at radius 2 is 1.00 bits per heavy atom. The summed E-state index contributed by atoms with van der Waals surface area (Å²) in [5, 5.41) is 2.15. The molecule has 2 aromatic heterocycles. The second-order valence-electron chi connectivity index (χ2n) is 25.5. The van der Waals surface area contributed by atoms with Crippen LogP contribution in [-0.4, -0.2) is 9.55 Å². The Bertz CT molecular complexity index is 3630. The van der Waals surface area contributed by atoms with Gasteiger partial charge in [-0.05, 0) is 120 Å². The van der Waals surface area contributed by atoms with Crippen LogP contribution in [-0.2, 0) is 48.1 Å². The predicted molar refractivity (Wildman–Crippen MR) is 309 cm³/mol. The number of anilines is 4. The van der Waals surface area contributed by atoms with Gasteiger partial charge in [-0.15, -0.1) is 53.6 Å². The normalized spacial score (nSPS) is 13.4. The number of rotatable bonds is 7. The van der Waals surface area contributed by atoms with E-state index in [-0.39, 0.29) is 48.1 Å². The van der Waals surface area contributed by atoms with Crippen molar-refractivity contribution in [1.29, 1.82) is 0 Å². The second kappa shape index (κ2) is 19.5. The molecule has 0 unspecified atom stereocenters. The Morgan fingerprint density at radius 3 is 1.59 bits per heavy atom. The first-order valence-corrected chi connectivity index (χ1v) is 26.1. The fraction of sp³-hybridized carbons (Fsp3) is 0.294. The van der Waals surface area contributed by atoms with Gasteiger partial charge in [0.1, 0.15) is 17.5 Å². The summed E-state index contributed by atoms with van der Waals surface area (Å²) in [6, 6.07) is 51.8. The van der Waals surface area contributed by atoms with Gasteiger partial charge in [0.25, 0.3) is 0 Å². The minimum Gasteiger partial charge on any atom is -0.509 e. The molecule has 0 amide bonds. The molecule has 0 fully saturated rings. The first kappa shape index (κ1) is 54.2. The fourth-order valence-electron chi connectivity index (χ4n) is 10.1. The molecule has 0 bridgehead atoms. The molecule has 0 saturated carbocycles. The summed E-state index contributed by atoms with van der Waals surface area (Å²) in [6.45, 7) is 35.4. The Labute approximate surface area is 464 Å². The first-order chi connectivity index (χ1) is 35.1. The summed E-state index contributed by atoms with van der Waals surface area (Å²) in [6.07, 6.45) is 1.89. The van der Waals surface area contributed by atoms with Gasteiger partial charge in [0, 0.05) is 78.5 Å². The van der Waals surface area contributed by atoms with Gasteiger partial charge in [0.2, 0.25) is 0 Å². The van der Waals surface area contributed by atoms with E-state index < -0.39 is 11.6 Å². The maximum Gasteiger partial charge on any atom is 0.135 e. The van der Waals surface area contributed by atoms with E-state index in [2.05, 4.69) is 234 Å². The van der Waals surface area contributed by atoms with Crippen molar-refractivity contribution in [3.8, 4) is 39.6 Å². The third kappa shape index (κ3) is 10.5. The molecule has 5 nitrogen and oxygen atoms in total. The SMILES string of the molecule is CC(C)(C)c1cc(Oc2[c-]c3c(cc2)c2ccccc2n3-c2cc(C(C)(C)C)ccn2)[c-]c(N2[CH-]N(c3c(-c4cc(F)cc(F)c4)cc(C(C)(C)C)cc3-c3cc(C(C)(C)C)cc(C(C)(C)C)c3)c3ccccc32)c1.[Pt]. The fourth-order valence-corrected chi connectivity index (χ4v) is 10.1. The monoisotopic (exact) mass is 1190 g/mol. The number of fused-ring (bicyclic) bond motifs is 4. The van der Waals surface area contributed by atoms with Gasteiger partial charge in [-0.1, -0.05) is 158 Å². The van der Waals surface area contributed by atoms with E-state index in [4.69, 9.17) is 9.72 Å². The van der Waals surface area contributed by atoms with Crippen molar-refractivity contribution in [2.75, 3.05) is 9.80 Å². The minimum atomic E-state index is -0.638. The zero-order chi connectivity index (χ0) is 53.7. The molecule has 0 saturated heterocycles. The average molecular weight is 1190 g/mol.